The number of rotatable bonds is 5. The topological polar surface area (TPSA) is 51.5 Å². The molecular formula is C19H18FNO3. The zero-order chi connectivity index (χ0) is 17.1. The molecule has 5 heteroatoms. The van der Waals surface area contributed by atoms with Crippen LogP contribution in [0.4, 0.5) is 4.39 Å². The van der Waals surface area contributed by atoms with Crippen molar-refractivity contribution in [2.24, 2.45) is 0 Å². The zero-order valence-electron chi connectivity index (χ0n) is 13.6. The van der Waals surface area contributed by atoms with Crippen molar-refractivity contribution in [1.29, 1.82) is 0 Å². The van der Waals surface area contributed by atoms with Crippen LogP contribution in [-0.2, 0) is 6.42 Å². The third-order valence-electron chi connectivity index (χ3n) is 3.94. The second-order valence-electron chi connectivity index (χ2n) is 5.55. The predicted octanol–water partition coefficient (Wildman–Crippen LogP) is 3.86. The van der Waals surface area contributed by atoms with Crippen molar-refractivity contribution >= 4 is 16.9 Å². The Morgan fingerprint density at radius 2 is 2.08 bits per heavy atom. The molecule has 0 aliphatic rings. The summed E-state index contributed by atoms with van der Waals surface area (Å²) in [4.78, 5) is 12.3. The molecule has 4 nitrogen and oxygen atoms in total. The predicted molar refractivity (Wildman–Crippen MR) is 89.9 cm³/mol. The lowest BCUT2D eigenvalue weighted by Crippen LogP contribution is -2.25. The van der Waals surface area contributed by atoms with E-state index in [2.05, 4.69) is 5.32 Å². The maximum Gasteiger partial charge on any atom is 0.287 e. The molecule has 0 spiro atoms. The summed E-state index contributed by atoms with van der Waals surface area (Å²) in [6.45, 7) is 2.24. The van der Waals surface area contributed by atoms with Gasteiger partial charge in [-0.1, -0.05) is 12.1 Å². The van der Waals surface area contributed by atoms with Crippen molar-refractivity contribution in [3.05, 3.63) is 65.2 Å². The van der Waals surface area contributed by atoms with Gasteiger partial charge >= 0.3 is 0 Å². The molecule has 1 N–H and O–H groups in total. The zero-order valence-corrected chi connectivity index (χ0v) is 13.6. The van der Waals surface area contributed by atoms with E-state index in [0.29, 0.717) is 24.3 Å². The van der Waals surface area contributed by atoms with Crippen LogP contribution in [0.25, 0.3) is 11.0 Å². The highest BCUT2D eigenvalue weighted by Crippen LogP contribution is 2.28. The summed E-state index contributed by atoms with van der Waals surface area (Å²) in [5.74, 6) is 0.446. The van der Waals surface area contributed by atoms with Crippen LogP contribution in [0, 0.1) is 12.7 Å². The van der Waals surface area contributed by atoms with Crippen molar-refractivity contribution in [3.63, 3.8) is 0 Å². The fourth-order valence-corrected chi connectivity index (χ4v) is 2.64. The number of hydrogen-bond acceptors (Lipinski definition) is 3. The SMILES string of the molecule is COc1ccc2oc(C(=O)NCCc3cccc(F)c3)c(C)c2c1. The number of carbonyl (C=O) groups is 1. The molecule has 1 amide bonds. The van der Waals surface area contributed by atoms with Crippen LogP contribution in [0.3, 0.4) is 0 Å². The van der Waals surface area contributed by atoms with Crippen LogP contribution in [0.2, 0.25) is 0 Å². The number of benzene rings is 2. The average Bonchev–Trinajstić information content (AvgIpc) is 2.91. The van der Waals surface area contributed by atoms with Gasteiger partial charge in [-0.2, -0.15) is 0 Å². The first-order chi connectivity index (χ1) is 11.6. The number of fused-ring (bicyclic) bond motifs is 1. The molecule has 0 saturated carbocycles. The van der Waals surface area contributed by atoms with E-state index in [1.807, 2.05) is 19.1 Å². The van der Waals surface area contributed by atoms with E-state index in [0.717, 1.165) is 16.5 Å². The summed E-state index contributed by atoms with van der Waals surface area (Å²) in [6, 6.07) is 11.8. The Labute approximate surface area is 139 Å². The minimum absolute atomic E-state index is 0.277. The van der Waals surface area contributed by atoms with Crippen molar-refractivity contribution in [3.8, 4) is 5.75 Å². The van der Waals surface area contributed by atoms with Gasteiger partial charge in [0.1, 0.15) is 17.1 Å². The van der Waals surface area contributed by atoms with Crippen LogP contribution >= 0.6 is 0 Å². The van der Waals surface area contributed by atoms with E-state index < -0.39 is 0 Å². The van der Waals surface area contributed by atoms with Gasteiger partial charge in [-0.3, -0.25) is 4.79 Å². The lowest BCUT2D eigenvalue weighted by Gasteiger charge is -2.04. The van der Waals surface area contributed by atoms with E-state index in [-0.39, 0.29) is 17.5 Å². The van der Waals surface area contributed by atoms with E-state index >= 15 is 0 Å². The first kappa shape index (κ1) is 16.1. The van der Waals surface area contributed by atoms with Gasteiger partial charge in [-0.25, -0.2) is 4.39 Å². The Bertz CT molecular complexity index is 885. The molecule has 0 atom stereocenters. The molecule has 3 rings (SSSR count). The van der Waals surface area contributed by atoms with Gasteiger partial charge in [0.25, 0.3) is 5.91 Å². The van der Waals surface area contributed by atoms with E-state index in [4.69, 9.17) is 9.15 Å². The fourth-order valence-electron chi connectivity index (χ4n) is 2.64. The van der Waals surface area contributed by atoms with E-state index in [1.54, 1.807) is 25.3 Å². The minimum Gasteiger partial charge on any atom is -0.497 e. The fraction of sp³-hybridized carbons (Fsp3) is 0.211. The van der Waals surface area contributed by atoms with Gasteiger partial charge < -0.3 is 14.5 Å². The largest absolute Gasteiger partial charge is 0.497 e. The second kappa shape index (κ2) is 6.74. The lowest BCUT2D eigenvalue weighted by atomic mass is 10.1. The van der Waals surface area contributed by atoms with Crippen molar-refractivity contribution < 1.29 is 18.3 Å². The highest BCUT2D eigenvalue weighted by atomic mass is 19.1. The maximum absolute atomic E-state index is 13.1. The Hall–Kier alpha value is -2.82. The van der Waals surface area contributed by atoms with Gasteiger partial charge in [-0.15, -0.1) is 0 Å². The third-order valence-corrected chi connectivity index (χ3v) is 3.94. The molecule has 0 aliphatic heterocycles. The number of carbonyl (C=O) groups excluding carboxylic acids is 1. The smallest absolute Gasteiger partial charge is 0.287 e. The Balaban J connectivity index is 1.71. The molecular weight excluding hydrogens is 309 g/mol. The van der Waals surface area contributed by atoms with Crippen LogP contribution in [0.5, 0.6) is 5.75 Å². The normalized spacial score (nSPS) is 10.8. The summed E-state index contributed by atoms with van der Waals surface area (Å²) in [7, 11) is 1.59. The molecule has 0 aliphatic carbocycles. The molecule has 0 fully saturated rings. The van der Waals surface area contributed by atoms with Crippen molar-refractivity contribution in [2.75, 3.05) is 13.7 Å². The van der Waals surface area contributed by atoms with Gasteiger partial charge in [0.2, 0.25) is 0 Å². The number of furan rings is 1. The van der Waals surface area contributed by atoms with Gasteiger partial charge in [0, 0.05) is 17.5 Å². The van der Waals surface area contributed by atoms with Crippen LogP contribution < -0.4 is 10.1 Å². The van der Waals surface area contributed by atoms with Crippen molar-refractivity contribution in [2.45, 2.75) is 13.3 Å². The molecule has 3 aromatic rings. The van der Waals surface area contributed by atoms with Gasteiger partial charge in [0.05, 0.1) is 7.11 Å². The van der Waals surface area contributed by atoms with Crippen LogP contribution in [0.1, 0.15) is 21.7 Å². The van der Waals surface area contributed by atoms with E-state index in [1.165, 1.54) is 12.1 Å². The molecule has 124 valence electrons. The molecule has 1 heterocycles. The highest BCUT2D eigenvalue weighted by molar-refractivity contribution is 5.99. The summed E-state index contributed by atoms with van der Waals surface area (Å²) >= 11 is 0. The summed E-state index contributed by atoms with van der Waals surface area (Å²) in [5.41, 5.74) is 2.25. The molecule has 1 aromatic heterocycles. The quantitative estimate of drug-likeness (QED) is 0.774. The molecule has 0 saturated heterocycles. The lowest BCUT2D eigenvalue weighted by molar-refractivity contribution is 0.0928. The number of amides is 1. The number of nitrogens with one attached hydrogen (secondary N) is 1. The van der Waals surface area contributed by atoms with Crippen molar-refractivity contribution in [1.82, 2.24) is 5.32 Å². The number of ether oxygens (including phenoxy) is 1. The Morgan fingerprint density at radius 1 is 1.25 bits per heavy atom. The van der Waals surface area contributed by atoms with Gasteiger partial charge in [0.15, 0.2) is 5.76 Å². The molecule has 0 bridgehead atoms. The number of aryl methyl sites for hydroxylation is 1. The summed E-state index contributed by atoms with van der Waals surface area (Å²) in [5, 5.41) is 3.66. The Kier molecular flexibility index (Phi) is 4.51. The molecule has 24 heavy (non-hydrogen) atoms. The summed E-state index contributed by atoms with van der Waals surface area (Å²) in [6.07, 6.45) is 0.552. The Morgan fingerprint density at radius 3 is 2.83 bits per heavy atom. The van der Waals surface area contributed by atoms with Crippen LogP contribution in [-0.4, -0.2) is 19.6 Å². The van der Waals surface area contributed by atoms with Crippen LogP contribution in [0.15, 0.2) is 46.9 Å². The number of halogens is 1. The third kappa shape index (κ3) is 3.25. The van der Waals surface area contributed by atoms with Gasteiger partial charge in [-0.05, 0) is 49.2 Å². The number of methoxy groups -OCH3 is 1. The average molecular weight is 327 g/mol. The molecule has 0 radical (unpaired) electrons. The standard InChI is InChI=1S/C19H18FNO3/c1-12-16-11-15(23-2)6-7-17(16)24-18(12)19(22)21-9-8-13-4-3-5-14(20)10-13/h3-7,10-11H,8-9H2,1-2H3,(H,21,22). The molecule has 2 aromatic carbocycles. The second-order valence-corrected chi connectivity index (χ2v) is 5.55. The van der Waals surface area contributed by atoms with E-state index in [9.17, 15) is 9.18 Å². The first-order valence-electron chi connectivity index (χ1n) is 7.68. The highest BCUT2D eigenvalue weighted by Gasteiger charge is 2.17. The number of hydrogen-bond donors (Lipinski definition) is 1. The maximum atomic E-state index is 13.1. The molecule has 0 unspecified atom stereocenters. The summed E-state index contributed by atoms with van der Waals surface area (Å²) < 4.78 is 24.0. The first-order valence-corrected chi connectivity index (χ1v) is 7.68. The monoisotopic (exact) mass is 327 g/mol. The minimum atomic E-state index is -0.279.